The van der Waals surface area contributed by atoms with E-state index in [1.807, 2.05) is 5.38 Å². The van der Waals surface area contributed by atoms with Crippen LogP contribution in [0.3, 0.4) is 0 Å². The highest BCUT2D eigenvalue weighted by atomic mass is 32.1. The zero-order chi connectivity index (χ0) is 23.2. The standard InChI is InChI=1S/C25H32F3N3OS/c1-16-5-7-18(8-6-16)29-24(32)20-13-17(20)14-30-9-11-31(12-10-30)22-15-33-23-19(22)3-2-4-21(23)25(26,27)28/h2-4,15-18,20H,5-14H2,1H3,(H,29,32)/t16?,17-,18?,20+/m1/s1. The summed E-state index contributed by atoms with van der Waals surface area (Å²) in [7, 11) is 0. The molecule has 5 rings (SSSR count). The van der Waals surface area contributed by atoms with Crippen LogP contribution in [0, 0.1) is 17.8 Å². The van der Waals surface area contributed by atoms with Crippen LogP contribution in [0.5, 0.6) is 0 Å². The van der Waals surface area contributed by atoms with Crippen LogP contribution in [0.15, 0.2) is 23.6 Å². The molecule has 1 saturated heterocycles. The molecule has 0 unspecified atom stereocenters. The predicted molar refractivity (Wildman–Crippen MR) is 127 cm³/mol. The number of nitrogens with one attached hydrogen (secondary N) is 1. The highest BCUT2D eigenvalue weighted by molar-refractivity contribution is 7.18. The number of rotatable bonds is 5. The minimum absolute atomic E-state index is 0.156. The number of nitrogens with zero attached hydrogens (tertiary/aromatic N) is 2. The Bertz CT molecular complexity index is 990. The molecule has 2 aromatic rings. The van der Waals surface area contributed by atoms with E-state index in [0.717, 1.165) is 69.7 Å². The van der Waals surface area contributed by atoms with Crippen molar-refractivity contribution in [1.29, 1.82) is 0 Å². The van der Waals surface area contributed by atoms with Crippen molar-refractivity contribution in [1.82, 2.24) is 10.2 Å². The molecule has 1 aromatic heterocycles. The van der Waals surface area contributed by atoms with Gasteiger partial charge in [0.1, 0.15) is 0 Å². The third-order valence-electron chi connectivity index (χ3n) is 7.71. The first-order valence-corrected chi connectivity index (χ1v) is 13.0. The first-order valence-electron chi connectivity index (χ1n) is 12.1. The Hall–Kier alpha value is -1.80. The molecule has 1 amide bonds. The number of amides is 1. The summed E-state index contributed by atoms with van der Waals surface area (Å²) < 4.78 is 40.3. The number of hydrogen-bond acceptors (Lipinski definition) is 4. The highest BCUT2D eigenvalue weighted by Gasteiger charge is 2.44. The number of fused-ring (bicyclic) bond motifs is 1. The summed E-state index contributed by atoms with van der Waals surface area (Å²) in [6.45, 7) is 6.58. The van der Waals surface area contributed by atoms with Crippen molar-refractivity contribution in [2.24, 2.45) is 17.8 Å². The summed E-state index contributed by atoms with van der Waals surface area (Å²) in [5.41, 5.74) is 0.363. The van der Waals surface area contributed by atoms with Crippen molar-refractivity contribution in [3.63, 3.8) is 0 Å². The van der Waals surface area contributed by atoms with Crippen molar-refractivity contribution in [2.75, 3.05) is 37.6 Å². The molecular formula is C25H32F3N3OS. The van der Waals surface area contributed by atoms with E-state index >= 15 is 0 Å². The van der Waals surface area contributed by atoms with Gasteiger partial charge in [-0.2, -0.15) is 13.2 Å². The van der Waals surface area contributed by atoms with Gasteiger partial charge in [-0.1, -0.05) is 19.1 Å². The summed E-state index contributed by atoms with van der Waals surface area (Å²) in [6, 6.07) is 4.82. The number of carbonyl (C=O) groups is 1. The van der Waals surface area contributed by atoms with Crippen LogP contribution >= 0.6 is 11.3 Å². The van der Waals surface area contributed by atoms with Gasteiger partial charge in [0.25, 0.3) is 0 Å². The van der Waals surface area contributed by atoms with Crippen molar-refractivity contribution in [3.05, 3.63) is 29.1 Å². The molecule has 0 spiro atoms. The normalized spacial score (nSPS) is 28.8. The van der Waals surface area contributed by atoms with Gasteiger partial charge in [-0.15, -0.1) is 11.3 Å². The number of thiophene rings is 1. The topological polar surface area (TPSA) is 35.6 Å². The Morgan fingerprint density at radius 2 is 1.85 bits per heavy atom. The molecule has 180 valence electrons. The van der Waals surface area contributed by atoms with Gasteiger partial charge in [0.2, 0.25) is 5.91 Å². The molecule has 3 aliphatic rings. The number of piperazine rings is 1. The molecule has 33 heavy (non-hydrogen) atoms. The quantitative estimate of drug-likeness (QED) is 0.626. The predicted octanol–water partition coefficient (Wildman–Crippen LogP) is 5.37. The van der Waals surface area contributed by atoms with Crippen LogP contribution in [-0.2, 0) is 11.0 Å². The van der Waals surface area contributed by atoms with Gasteiger partial charge < -0.3 is 10.2 Å². The first kappa shape index (κ1) is 23.0. The van der Waals surface area contributed by atoms with E-state index in [9.17, 15) is 18.0 Å². The molecule has 1 aromatic carbocycles. The van der Waals surface area contributed by atoms with Crippen molar-refractivity contribution < 1.29 is 18.0 Å². The van der Waals surface area contributed by atoms with Gasteiger partial charge in [-0.25, -0.2) is 0 Å². The Balaban J connectivity index is 1.12. The van der Waals surface area contributed by atoms with E-state index in [2.05, 4.69) is 22.0 Å². The first-order chi connectivity index (χ1) is 15.8. The molecule has 1 N–H and O–H groups in total. The maximum absolute atomic E-state index is 13.3. The molecular weight excluding hydrogens is 447 g/mol. The Morgan fingerprint density at radius 3 is 2.55 bits per heavy atom. The molecule has 2 heterocycles. The maximum Gasteiger partial charge on any atom is 0.417 e. The van der Waals surface area contributed by atoms with Crippen LogP contribution in [0.2, 0.25) is 0 Å². The molecule has 0 radical (unpaired) electrons. The fourth-order valence-corrected chi connectivity index (χ4v) is 6.61. The lowest BCUT2D eigenvalue weighted by atomic mass is 9.87. The number of hydrogen-bond donors (Lipinski definition) is 1. The SMILES string of the molecule is CC1CCC(NC(=O)[C@H]2C[C@@H]2CN2CCN(c3csc4c(C(F)(F)F)cccc34)CC2)CC1. The summed E-state index contributed by atoms with van der Waals surface area (Å²) in [5, 5.41) is 5.84. The molecule has 2 aliphatic carbocycles. The van der Waals surface area contributed by atoms with E-state index < -0.39 is 11.7 Å². The Labute approximate surface area is 197 Å². The van der Waals surface area contributed by atoms with Gasteiger partial charge in [-0.3, -0.25) is 9.69 Å². The monoisotopic (exact) mass is 479 g/mol. The fourth-order valence-electron chi connectivity index (χ4n) is 5.50. The third kappa shape index (κ3) is 5.02. The average Bonchev–Trinajstić information content (AvgIpc) is 3.42. The van der Waals surface area contributed by atoms with E-state index in [4.69, 9.17) is 0 Å². The van der Waals surface area contributed by atoms with Crippen LogP contribution in [0.4, 0.5) is 18.9 Å². The summed E-state index contributed by atoms with van der Waals surface area (Å²) in [4.78, 5) is 17.2. The second-order valence-corrected chi connectivity index (χ2v) is 11.0. The Kier molecular flexibility index (Phi) is 6.33. The van der Waals surface area contributed by atoms with E-state index in [-0.39, 0.29) is 11.8 Å². The molecule has 4 nitrogen and oxygen atoms in total. The maximum atomic E-state index is 13.3. The lowest BCUT2D eigenvalue weighted by Crippen LogP contribution is -2.47. The lowest BCUT2D eigenvalue weighted by Gasteiger charge is -2.36. The van der Waals surface area contributed by atoms with Gasteiger partial charge in [0, 0.05) is 60.1 Å². The summed E-state index contributed by atoms with van der Waals surface area (Å²) in [5.74, 6) is 1.62. The number of benzene rings is 1. The molecule has 3 fully saturated rings. The smallest absolute Gasteiger partial charge is 0.368 e. The lowest BCUT2D eigenvalue weighted by molar-refractivity contribution is -0.136. The van der Waals surface area contributed by atoms with Crippen LogP contribution in [0.1, 0.15) is 44.6 Å². The Morgan fingerprint density at radius 1 is 1.12 bits per heavy atom. The molecule has 8 heteroatoms. The fraction of sp³-hybridized carbons (Fsp3) is 0.640. The number of alkyl halides is 3. The third-order valence-corrected chi connectivity index (χ3v) is 8.73. The minimum Gasteiger partial charge on any atom is -0.368 e. The van der Waals surface area contributed by atoms with Crippen molar-refractivity contribution in [2.45, 2.75) is 51.2 Å². The summed E-state index contributed by atoms with van der Waals surface area (Å²) >= 11 is 1.18. The highest BCUT2D eigenvalue weighted by Crippen LogP contribution is 2.43. The van der Waals surface area contributed by atoms with Gasteiger partial charge in [0.05, 0.1) is 11.3 Å². The van der Waals surface area contributed by atoms with Gasteiger partial charge in [0.15, 0.2) is 0 Å². The second-order valence-electron chi connectivity index (χ2n) is 10.2. The molecule has 2 saturated carbocycles. The number of carbonyl (C=O) groups excluding carboxylic acids is 1. The summed E-state index contributed by atoms with van der Waals surface area (Å²) in [6.07, 6.45) is 1.27. The minimum atomic E-state index is -4.33. The second kappa shape index (κ2) is 9.10. The van der Waals surface area contributed by atoms with Gasteiger partial charge >= 0.3 is 6.18 Å². The number of anilines is 1. The van der Waals surface area contributed by atoms with E-state index in [1.165, 1.54) is 30.2 Å². The van der Waals surface area contributed by atoms with Crippen molar-refractivity contribution >= 4 is 33.0 Å². The molecule has 0 bridgehead atoms. The van der Waals surface area contributed by atoms with Crippen LogP contribution in [0.25, 0.3) is 10.1 Å². The largest absolute Gasteiger partial charge is 0.417 e. The van der Waals surface area contributed by atoms with E-state index in [1.54, 1.807) is 6.07 Å². The van der Waals surface area contributed by atoms with Gasteiger partial charge in [-0.05, 0) is 50.0 Å². The van der Waals surface area contributed by atoms with Crippen LogP contribution in [-0.4, -0.2) is 49.6 Å². The zero-order valence-electron chi connectivity index (χ0n) is 19.0. The zero-order valence-corrected chi connectivity index (χ0v) is 19.9. The average molecular weight is 480 g/mol. The van der Waals surface area contributed by atoms with E-state index in [0.29, 0.717) is 22.0 Å². The molecule has 2 atom stereocenters. The van der Waals surface area contributed by atoms with Crippen molar-refractivity contribution in [3.8, 4) is 0 Å². The van der Waals surface area contributed by atoms with Crippen LogP contribution < -0.4 is 10.2 Å². The number of halogens is 3. The molecule has 1 aliphatic heterocycles.